The van der Waals surface area contributed by atoms with E-state index < -0.39 is 11.5 Å². The van der Waals surface area contributed by atoms with Crippen LogP contribution in [0.1, 0.15) is 29.6 Å². The molecule has 2 heterocycles. The maximum absolute atomic E-state index is 12.9. The van der Waals surface area contributed by atoms with Crippen LogP contribution in [0, 0.1) is 0 Å². The highest BCUT2D eigenvalue weighted by Crippen LogP contribution is 2.28. The maximum Gasteiger partial charge on any atom is 0.340 e. The molecule has 0 N–H and O–H groups in total. The fourth-order valence-electron chi connectivity index (χ4n) is 3.27. The molecule has 1 aliphatic heterocycles. The Morgan fingerprint density at radius 2 is 2.07 bits per heavy atom. The molecule has 3 rings (SSSR count). The van der Waals surface area contributed by atoms with Gasteiger partial charge in [-0.2, -0.15) is 21.5 Å². The van der Waals surface area contributed by atoms with Crippen molar-refractivity contribution < 1.29 is 9.53 Å². The largest absolute Gasteiger partial charge is 0.465 e. The second-order valence-corrected chi connectivity index (χ2v) is 7.89. The lowest BCUT2D eigenvalue weighted by Gasteiger charge is -2.26. The summed E-state index contributed by atoms with van der Waals surface area (Å²) in [5.41, 5.74) is 0.807. The second kappa shape index (κ2) is 8.80. The molecular formula is C19H22ClN3O3S. The monoisotopic (exact) mass is 407 g/mol. The van der Waals surface area contributed by atoms with Crippen LogP contribution in [0.25, 0.3) is 5.69 Å². The van der Waals surface area contributed by atoms with Gasteiger partial charge in [-0.05, 0) is 31.2 Å². The molecule has 0 saturated carbocycles. The first-order valence-electron chi connectivity index (χ1n) is 8.80. The van der Waals surface area contributed by atoms with Crippen molar-refractivity contribution in [2.45, 2.75) is 24.5 Å². The summed E-state index contributed by atoms with van der Waals surface area (Å²) in [6, 6.07) is 6.67. The molecule has 0 aliphatic carbocycles. The van der Waals surface area contributed by atoms with E-state index in [1.807, 2.05) is 11.8 Å². The third kappa shape index (κ3) is 4.14. The van der Waals surface area contributed by atoms with Crippen molar-refractivity contribution in [3.05, 3.63) is 51.4 Å². The fraction of sp³-hybridized carbons (Fsp3) is 0.421. The van der Waals surface area contributed by atoms with Crippen molar-refractivity contribution in [2.24, 2.45) is 0 Å². The average Bonchev–Trinajstić information content (AvgIpc) is 2.95. The second-order valence-electron chi connectivity index (χ2n) is 6.37. The van der Waals surface area contributed by atoms with Gasteiger partial charge in [0.1, 0.15) is 5.02 Å². The minimum atomic E-state index is -0.533. The van der Waals surface area contributed by atoms with E-state index in [1.165, 1.54) is 7.11 Å². The van der Waals surface area contributed by atoms with E-state index in [9.17, 15) is 9.59 Å². The lowest BCUT2D eigenvalue weighted by Crippen LogP contribution is -2.33. The number of nitrogens with zero attached hydrogens (tertiary/aromatic N) is 3. The van der Waals surface area contributed by atoms with Crippen molar-refractivity contribution in [3.8, 4) is 5.69 Å². The number of thioether (sulfide) groups is 1. The van der Waals surface area contributed by atoms with Crippen molar-refractivity contribution in [2.75, 3.05) is 31.4 Å². The zero-order chi connectivity index (χ0) is 19.4. The summed E-state index contributed by atoms with van der Waals surface area (Å²) in [5.74, 6) is -0.533. The van der Waals surface area contributed by atoms with E-state index in [-0.39, 0.29) is 10.6 Å². The molecule has 1 unspecified atom stereocenters. The number of para-hydroxylation sites is 1. The first-order chi connectivity index (χ1) is 13.1. The van der Waals surface area contributed by atoms with Crippen LogP contribution in [0.15, 0.2) is 35.3 Å². The number of esters is 1. The number of benzene rings is 1. The summed E-state index contributed by atoms with van der Waals surface area (Å²) in [6.07, 6.45) is 7.10. The number of carbonyl (C=O) groups excluding carboxylic acids is 1. The molecule has 0 amide bonds. The molecule has 1 saturated heterocycles. The minimum Gasteiger partial charge on any atom is -0.465 e. The van der Waals surface area contributed by atoms with Gasteiger partial charge in [0.25, 0.3) is 5.56 Å². The quantitative estimate of drug-likeness (QED) is 0.724. The van der Waals surface area contributed by atoms with Gasteiger partial charge in [-0.1, -0.05) is 30.2 Å². The number of anilines is 1. The number of aromatic nitrogens is 2. The number of methoxy groups -OCH3 is 1. The van der Waals surface area contributed by atoms with Gasteiger partial charge in [-0.3, -0.25) is 4.79 Å². The Kier molecular flexibility index (Phi) is 6.44. The number of ether oxygens (including phenoxy) is 1. The normalized spacial score (nSPS) is 17.4. The van der Waals surface area contributed by atoms with Crippen LogP contribution in [-0.4, -0.2) is 47.5 Å². The lowest BCUT2D eigenvalue weighted by atomic mass is 10.2. The molecule has 1 fully saturated rings. The number of halogens is 1. The Morgan fingerprint density at radius 3 is 2.81 bits per heavy atom. The fourth-order valence-corrected chi connectivity index (χ4v) is 4.25. The molecule has 1 aliphatic rings. The van der Waals surface area contributed by atoms with Gasteiger partial charge in [-0.15, -0.1) is 0 Å². The van der Waals surface area contributed by atoms with Gasteiger partial charge in [0.05, 0.1) is 30.2 Å². The Bertz CT molecular complexity index is 887. The Hall–Kier alpha value is -1.99. The molecule has 8 heteroatoms. The van der Waals surface area contributed by atoms with E-state index in [0.717, 1.165) is 37.0 Å². The average molecular weight is 408 g/mol. The molecule has 27 heavy (non-hydrogen) atoms. The van der Waals surface area contributed by atoms with E-state index in [4.69, 9.17) is 16.3 Å². The Balaban J connectivity index is 2.02. The molecule has 6 nitrogen and oxygen atoms in total. The lowest BCUT2D eigenvalue weighted by molar-refractivity contribution is 0.0600. The van der Waals surface area contributed by atoms with Crippen LogP contribution in [0.3, 0.4) is 0 Å². The summed E-state index contributed by atoms with van der Waals surface area (Å²) >= 11 is 8.29. The van der Waals surface area contributed by atoms with E-state index in [2.05, 4.69) is 16.3 Å². The zero-order valence-corrected chi connectivity index (χ0v) is 16.9. The predicted octanol–water partition coefficient (Wildman–Crippen LogP) is 3.39. The molecule has 1 aromatic carbocycles. The first kappa shape index (κ1) is 19.8. The van der Waals surface area contributed by atoms with Crippen molar-refractivity contribution in [1.82, 2.24) is 9.78 Å². The minimum absolute atomic E-state index is 0.117. The molecule has 144 valence electrons. The van der Waals surface area contributed by atoms with Crippen molar-refractivity contribution in [3.63, 3.8) is 0 Å². The highest BCUT2D eigenvalue weighted by molar-refractivity contribution is 7.99. The van der Waals surface area contributed by atoms with Crippen molar-refractivity contribution in [1.29, 1.82) is 0 Å². The van der Waals surface area contributed by atoms with Gasteiger partial charge < -0.3 is 9.64 Å². The summed E-state index contributed by atoms with van der Waals surface area (Å²) in [4.78, 5) is 27.1. The summed E-state index contributed by atoms with van der Waals surface area (Å²) in [5, 5.41) is 4.93. The molecular weight excluding hydrogens is 386 g/mol. The van der Waals surface area contributed by atoms with Gasteiger partial charge in [-0.25, -0.2) is 4.79 Å². The van der Waals surface area contributed by atoms with Gasteiger partial charge in [0, 0.05) is 18.3 Å². The van der Waals surface area contributed by atoms with E-state index >= 15 is 0 Å². The summed E-state index contributed by atoms with van der Waals surface area (Å²) in [6.45, 7) is 1.69. The van der Waals surface area contributed by atoms with Gasteiger partial charge in [0.15, 0.2) is 0 Å². The van der Waals surface area contributed by atoms with Crippen LogP contribution < -0.4 is 10.5 Å². The maximum atomic E-state index is 12.9. The van der Waals surface area contributed by atoms with Crippen molar-refractivity contribution >= 4 is 35.0 Å². The van der Waals surface area contributed by atoms with Gasteiger partial charge in [0.2, 0.25) is 0 Å². The van der Waals surface area contributed by atoms with E-state index in [0.29, 0.717) is 16.6 Å². The zero-order valence-electron chi connectivity index (χ0n) is 15.4. The molecule has 0 radical (unpaired) electrons. The van der Waals surface area contributed by atoms with Crippen LogP contribution in [0.5, 0.6) is 0 Å². The molecule has 1 atom stereocenters. The van der Waals surface area contributed by atoms with E-state index in [1.54, 1.807) is 30.5 Å². The first-order valence-corrected chi connectivity index (χ1v) is 10.5. The number of hydrogen-bond donors (Lipinski definition) is 0. The molecule has 0 spiro atoms. The number of carbonyl (C=O) groups is 1. The summed E-state index contributed by atoms with van der Waals surface area (Å²) in [7, 11) is 1.30. The standard InChI is InChI=1S/C19H22ClN3O3S/c1-26-19(25)14-8-3-4-9-15(14)23-18(24)17(20)16(11-21-23)22-10-6-5-7-13(12-22)27-2/h3-4,8-9,11,13H,5-7,10,12H2,1-2H3. The topological polar surface area (TPSA) is 64.4 Å². The number of hydrogen-bond acceptors (Lipinski definition) is 6. The van der Waals surface area contributed by atoms with Crippen LogP contribution >= 0.6 is 23.4 Å². The molecule has 0 bridgehead atoms. The highest BCUT2D eigenvalue weighted by Gasteiger charge is 2.23. The molecule has 2 aromatic rings. The highest BCUT2D eigenvalue weighted by atomic mass is 35.5. The third-order valence-electron chi connectivity index (χ3n) is 4.74. The van der Waals surface area contributed by atoms with Crippen LogP contribution in [0.2, 0.25) is 5.02 Å². The Labute approximate surface area is 167 Å². The predicted molar refractivity (Wildman–Crippen MR) is 110 cm³/mol. The van der Waals surface area contributed by atoms with Gasteiger partial charge >= 0.3 is 5.97 Å². The van der Waals surface area contributed by atoms with Crippen LogP contribution in [0.4, 0.5) is 5.69 Å². The Morgan fingerprint density at radius 1 is 1.30 bits per heavy atom. The summed E-state index contributed by atoms with van der Waals surface area (Å²) < 4.78 is 5.95. The van der Waals surface area contributed by atoms with Crippen LogP contribution in [-0.2, 0) is 4.74 Å². The third-order valence-corrected chi connectivity index (χ3v) is 6.15. The number of rotatable bonds is 4. The smallest absolute Gasteiger partial charge is 0.340 e. The molecule has 1 aromatic heterocycles. The SMILES string of the molecule is COC(=O)c1ccccc1-n1ncc(N2CCCCC(SC)C2)c(Cl)c1=O.